The van der Waals surface area contributed by atoms with Crippen LogP contribution in [-0.4, -0.2) is 11.7 Å². The number of nitrogens with two attached hydrogens (primary N) is 1. The normalized spacial score (nSPS) is 11.4. The Labute approximate surface area is 183 Å². The molecule has 0 radical (unpaired) electrons. The van der Waals surface area contributed by atoms with Gasteiger partial charge in [0.05, 0.1) is 0 Å². The van der Waals surface area contributed by atoms with Crippen molar-refractivity contribution in [1.82, 2.24) is 0 Å². The lowest BCUT2D eigenvalue weighted by Gasteiger charge is -2.13. The van der Waals surface area contributed by atoms with Crippen LogP contribution >= 0.6 is 0 Å². The number of hydrogen-bond acceptors (Lipinski definition) is 1. The fourth-order valence-electron chi connectivity index (χ4n) is 3.80. The van der Waals surface area contributed by atoms with E-state index in [1.54, 1.807) is 0 Å². The summed E-state index contributed by atoms with van der Waals surface area (Å²) in [5.74, 6) is 0.499. The lowest BCUT2D eigenvalue weighted by Crippen LogP contribution is -2.17. The Kier molecular flexibility index (Phi) is 5.76. The predicted octanol–water partition coefficient (Wildman–Crippen LogP) is 6.37. The number of aryl methyl sites for hydroxylation is 1. The van der Waals surface area contributed by atoms with E-state index in [9.17, 15) is 0 Å². The third-order valence-corrected chi connectivity index (χ3v) is 5.52. The van der Waals surface area contributed by atoms with Crippen molar-refractivity contribution in [3.8, 4) is 22.3 Å². The van der Waals surface area contributed by atoms with E-state index in [1.165, 1.54) is 11.1 Å². The third kappa shape index (κ3) is 4.31. The van der Waals surface area contributed by atoms with Gasteiger partial charge in [0.25, 0.3) is 0 Å². The molecule has 0 saturated heterocycles. The van der Waals surface area contributed by atoms with Gasteiger partial charge in [-0.2, -0.15) is 0 Å². The molecule has 3 heteroatoms. The van der Waals surface area contributed by atoms with Crippen LogP contribution < -0.4 is 5.73 Å². The maximum Gasteiger partial charge on any atom is 0.154 e. The van der Waals surface area contributed by atoms with Crippen LogP contribution in [0.2, 0.25) is 0 Å². The summed E-state index contributed by atoms with van der Waals surface area (Å²) in [6.07, 6.45) is 0. The zero-order chi connectivity index (χ0) is 21.8. The molecule has 152 valence electrons. The lowest BCUT2D eigenvalue weighted by atomic mass is 9.93. The summed E-state index contributed by atoms with van der Waals surface area (Å²) in [5.41, 5.74) is 14.7. The Bertz CT molecular complexity index is 1270. The molecule has 0 unspecified atom stereocenters. The summed E-state index contributed by atoms with van der Waals surface area (Å²) in [6.45, 7) is 4.16. The van der Waals surface area contributed by atoms with Crippen molar-refractivity contribution in [1.29, 1.82) is 5.41 Å². The minimum absolute atomic E-state index is 0.149. The van der Waals surface area contributed by atoms with Crippen molar-refractivity contribution < 1.29 is 0 Å². The Morgan fingerprint density at radius 3 is 2.13 bits per heavy atom. The van der Waals surface area contributed by atoms with Crippen LogP contribution in [0.3, 0.4) is 0 Å². The highest BCUT2D eigenvalue weighted by Gasteiger charge is 2.12. The molecule has 4 aromatic carbocycles. The molecule has 4 rings (SSSR count). The quantitative estimate of drug-likeness (QED) is 0.302. The minimum atomic E-state index is 0.149. The first-order valence-corrected chi connectivity index (χ1v) is 10.3. The van der Waals surface area contributed by atoms with Gasteiger partial charge in [0, 0.05) is 11.1 Å². The largest absolute Gasteiger partial charge is 0.383 e. The fourth-order valence-corrected chi connectivity index (χ4v) is 3.80. The molecule has 31 heavy (non-hydrogen) atoms. The number of rotatable bonds is 4. The number of nitrogens with one attached hydrogen (secondary N) is 1. The Morgan fingerprint density at radius 2 is 1.35 bits per heavy atom. The zero-order valence-electron chi connectivity index (χ0n) is 17.8. The summed E-state index contributed by atoms with van der Waals surface area (Å²) >= 11 is 0. The number of hydrogen-bond donors (Lipinski definition) is 2. The number of nitrogens with zero attached hydrogens (tertiary/aromatic N) is 1. The second-order valence-corrected chi connectivity index (χ2v) is 7.59. The van der Waals surface area contributed by atoms with Crippen LogP contribution in [0.15, 0.2) is 102 Å². The topological polar surface area (TPSA) is 62.2 Å². The molecule has 0 fully saturated rings. The van der Waals surface area contributed by atoms with E-state index >= 15 is 0 Å². The van der Waals surface area contributed by atoms with Gasteiger partial charge < -0.3 is 5.73 Å². The van der Waals surface area contributed by atoms with Crippen LogP contribution in [-0.2, 0) is 0 Å². The van der Waals surface area contributed by atoms with Crippen LogP contribution in [0.25, 0.3) is 22.3 Å². The summed E-state index contributed by atoms with van der Waals surface area (Å²) in [4.78, 5) is 4.45. The predicted molar refractivity (Wildman–Crippen MR) is 131 cm³/mol. The van der Waals surface area contributed by atoms with E-state index in [0.717, 1.165) is 33.4 Å². The van der Waals surface area contributed by atoms with Gasteiger partial charge in [-0.15, -0.1) is 0 Å². The Balaban J connectivity index is 1.67. The van der Waals surface area contributed by atoms with Gasteiger partial charge in [-0.25, -0.2) is 4.99 Å². The van der Waals surface area contributed by atoms with Crippen molar-refractivity contribution in [3.05, 3.63) is 119 Å². The maximum atomic E-state index is 8.52. The molecule has 0 atom stereocenters. The number of benzene rings is 4. The van der Waals surface area contributed by atoms with Gasteiger partial charge in [0.2, 0.25) is 0 Å². The molecule has 0 aliphatic rings. The zero-order valence-corrected chi connectivity index (χ0v) is 17.8. The van der Waals surface area contributed by atoms with Crippen molar-refractivity contribution in [2.24, 2.45) is 10.7 Å². The average molecular weight is 404 g/mol. The molecule has 3 nitrogen and oxygen atoms in total. The first-order valence-electron chi connectivity index (χ1n) is 10.3. The molecule has 0 aromatic heterocycles. The van der Waals surface area contributed by atoms with Crippen LogP contribution in [0.4, 0.5) is 0 Å². The van der Waals surface area contributed by atoms with Gasteiger partial charge in [-0.3, -0.25) is 5.41 Å². The smallest absolute Gasteiger partial charge is 0.154 e. The van der Waals surface area contributed by atoms with E-state index in [0.29, 0.717) is 5.84 Å². The first-order chi connectivity index (χ1) is 15.0. The fraction of sp³-hybridized carbons (Fsp3) is 0.0714. The van der Waals surface area contributed by atoms with Gasteiger partial charge in [0.1, 0.15) is 5.84 Å². The van der Waals surface area contributed by atoms with Gasteiger partial charge in [-0.1, -0.05) is 91.0 Å². The van der Waals surface area contributed by atoms with E-state index in [2.05, 4.69) is 49.2 Å². The van der Waals surface area contributed by atoms with Crippen LogP contribution in [0, 0.1) is 19.3 Å². The molecule has 0 aliphatic heterocycles. The summed E-state index contributed by atoms with van der Waals surface area (Å²) in [6, 6.07) is 32.3. The number of amidine groups is 2. The molecule has 0 heterocycles. The monoisotopic (exact) mass is 403 g/mol. The Hall–Kier alpha value is -3.98. The summed E-state index contributed by atoms with van der Waals surface area (Å²) in [7, 11) is 0. The SMILES string of the molecule is Cc1ccccc1-c1cccc(C(N)=NC(=N)c2cccc(-c3ccccc3)c2)c1C. The summed E-state index contributed by atoms with van der Waals surface area (Å²) in [5, 5.41) is 8.52. The van der Waals surface area contributed by atoms with Crippen molar-refractivity contribution in [3.63, 3.8) is 0 Å². The van der Waals surface area contributed by atoms with Crippen molar-refractivity contribution in [2.75, 3.05) is 0 Å². The molecular weight excluding hydrogens is 378 g/mol. The van der Waals surface area contributed by atoms with Gasteiger partial charge in [0.15, 0.2) is 5.84 Å². The second-order valence-electron chi connectivity index (χ2n) is 7.59. The molecule has 0 aliphatic carbocycles. The first kappa shape index (κ1) is 20.3. The lowest BCUT2D eigenvalue weighted by molar-refractivity contribution is 1.36. The van der Waals surface area contributed by atoms with Gasteiger partial charge in [-0.05, 0) is 53.3 Å². The van der Waals surface area contributed by atoms with Crippen LogP contribution in [0.1, 0.15) is 22.3 Å². The highest BCUT2D eigenvalue weighted by molar-refractivity contribution is 6.11. The molecule has 3 N–H and O–H groups in total. The van der Waals surface area contributed by atoms with E-state index in [1.807, 2.05) is 66.7 Å². The molecule has 0 spiro atoms. The number of aliphatic imine (C=N–C) groups is 1. The third-order valence-electron chi connectivity index (χ3n) is 5.52. The second kappa shape index (κ2) is 8.80. The maximum absolute atomic E-state index is 8.52. The van der Waals surface area contributed by atoms with Crippen molar-refractivity contribution >= 4 is 11.7 Å². The Morgan fingerprint density at radius 1 is 0.710 bits per heavy atom. The summed E-state index contributed by atoms with van der Waals surface area (Å²) < 4.78 is 0. The van der Waals surface area contributed by atoms with E-state index in [-0.39, 0.29) is 5.84 Å². The molecule has 0 saturated carbocycles. The van der Waals surface area contributed by atoms with E-state index in [4.69, 9.17) is 11.1 Å². The van der Waals surface area contributed by atoms with Crippen molar-refractivity contribution in [2.45, 2.75) is 13.8 Å². The van der Waals surface area contributed by atoms with Crippen LogP contribution in [0.5, 0.6) is 0 Å². The molecule has 0 bridgehead atoms. The minimum Gasteiger partial charge on any atom is -0.383 e. The van der Waals surface area contributed by atoms with E-state index < -0.39 is 0 Å². The average Bonchev–Trinajstić information content (AvgIpc) is 2.80. The highest BCUT2D eigenvalue weighted by Crippen LogP contribution is 2.28. The highest BCUT2D eigenvalue weighted by atomic mass is 14.9. The standard InChI is InChI=1S/C28H25N3/c1-19-10-6-7-15-24(19)25-16-9-17-26(20(25)2)28(30)31-27(29)23-14-8-13-22(18-23)21-11-4-3-5-12-21/h3-18H,1-2H3,(H3,29,30,31). The molecular formula is C28H25N3. The molecule has 0 amide bonds. The van der Waals surface area contributed by atoms with Gasteiger partial charge >= 0.3 is 0 Å². The molecule has 4 aromatic rings.